The van der Waals surface area contributed by atoms with Crippen molar-refractivity contribution in [2.45, 2.75) is 58.6 Å². The van der Waals surface area contributed by atoms with Gasteiger partial charge in [0.25, 0.3) is 6.65 Å². The minimum atomic E-state index is -2.74. The van der Waals surface area contributed by atoms with Crippen LogP contribution in [0.5, 0.6) is 0 Å². The molecule has 0 radical (unpaired) electrons. The number of rotatable bonds is 9. The van der Waals surface area contributed by atoms with E-state index in [0.717, 1.165) is 42.8 Å². The predicted octanol–water partition coefficient (Wildman–Crippen LogP) is 6.01. The maximum atomic E-state index is 13.4. The summed E-state index contributed by atoms with van der Waals surface area (Å²) in [5.74, 6) is 0.889. The zero-order valence-electron chi connectivity index (χ0n) is 15.9. The van der Waals surface area contributed by atoms with E-state index in [0.29, 0.717) is 5.25 Å². The zero-order chi connectivity index (χ0) is 18.2. The molecule has 1 rings (SSSR count). The lowest BCUT2D eigenvalue weighted by Crippen LogP contribution is -2.28. The van der Waals surface area contributed by atoms with Crippen molar-refractivity contribution in [1.82, 2.24) is 9.76 Å². The molecule has 0 saturated heterocycles. The highest BCUT2D eigenvalue weighted by Crippen LogP contribution is 2.59. The van der Waals surface area contributed by atoms with Crippen LogP contribution in [0.25, 0.3) is 0 Å². The van der Waals surface area contributed by atoms with E-state index in [1.807, 2.05) is 29.9 Å². The van der Waals surface area contributed by atoms with E-state index >= 15 is 0 Å². The molecular formula is C18H32N3OPS. The third kappa shape index (κ3) is 5.94. The first kappa shape index (κ1) is 21.3. The fraction of sp³-hybridized carbons (Fsp3) is 0.611. The van der Waals surface area contributed by atoms with Crippen molar-refractivity contribution in [3.8, 4) is 0 Å². The fourth-order valence-corrected chi connectivity index (χ4v) is 6.76. The number of nitrogens with zero attached hydrogens (tertiary/aromatic N) is 2. The van der Waals surface area contributed by atoms with Crippen LogP contribution in [-0.4, -0.2) is 29.9 Å². The van der Waals surface area contributed by atoms with Crippen LogP contribution in [-0.2, 0) is 4.57 Å². The number of hydrogen-bond donors (Lipinski definition) is 1. The highest BCUT2D eigenvalue weighted by atomic mass is 32.7. The summed E-state index contributed by atoms with van der Waals surface area (Å²) in [6, 6.07) is 8.08. The van der Waals surface area contributed by atoms with Gasteiger partial charge in [0.2, 0.25) is 0 Å². The molecule has 0 aliphatic carbocycles. The Hall–Kier alpha value is -0.770. The topological polar surface area (TPSA) is 44.7 Å². The largest absolute Gasteiger partial charge is 0.294 e. The molecule has 136 valence electrons. The van der Waals surface area contributed by atoms with Gasteiger partial charge in [-0.2, -0.15) is 0 Å². The Bertz CT molecular complexity index is 591. The third-order valence-corrected chi connectivity index (χ3v) is 9.85. The van der Waals surface area contributed by atoms with Crippen LogP contribution >= 0.6 is 18.0 Å². The number of para-hydroxylation sites is 1. The lowest BCUT2D eigenvalue weighted by Gasteiger charge is -2.31. The average Bonchev–Trinajstić information content (AvgIpc) is 2.59. The molecule has 1 aromatic carbocycles. The molecule has 0 amide bonds. The Morgan fingerprint density at radius 2 is 2.04 bits per heavy atom. The molecule has 0 fully saturated rings. The summed E-state index contributed by atoms with van der Waals surface area (Å²) >= 11 is 1.52. The van der Waals surface area contributed by atoms with Gasteiger partial charge < -0.3 is 0 Å². The summed E-state index contributed by atoms with van der Waals surface area (Å²) in [6.07, 6.45) is 3.94. The Kier molecular flexibility index (Phi) is 9.11. The van der Waals surface area contributed by atoms with E-state index in [4.69, 9.17) is 4.99 Å². The highest BCUT2D eigenvalue weighted by molar-refractivity contribution is 8.57. The molecule has 24 heavy (non-hydrogen) atoms. The minimum Gasteiger partial charge on any atom is -0.294 e. The maximum Gasteiger partial charge on any atom is 0.293 e. The number of aryl methyl sites for hydroxylation is 1. The van der Waals surface area contributed by atoms with Crippen molar-refractivity contribution >= 4 is 29.5 Å². The highest BCUT2D eigenvalue weighted by Gasteiger charge is 2.31. The quantitative estimate of drug-likeness (QED) is 0.329. The normalized spacial score (nSPS) is 15.8. The Morgan fingerprint density at radius 1 is 1.38 bits per heavy atom. The first-order valence-corrected chi connectivity index (χ1v) is 11.9. The monoisotopic (exact) mass is 369 g/mol. The van der Waals surface area contributed by atoms with Gasteiger partial charge in [0.15, 0.2) is 0 Å². The van der Waals surface area contributed by atoms with E-state index in [9.17, 15) is 4.57 Å². The number of nitrogens with one attached hydrogen (secondary N) is 1. The third-order valence-electron chi connectivity index (χ3n) is 4.07. The number of unbranched alkanes of at least 4 members (excludes halogenated alkanes) is 1. The first-order valence-electron chi connectivity index (χ1n) is 8.72. The van der Waals surface area contributed by atoms with Crippen LogP contribution in [0.15, 0.2) is 29.3 Å². The molecule has 0 heterocycles. The summed E-state index contributed by atoms with van der Waals surface area (Å²) in [5, 5.41) is 3.39. The maximum absolute atomic E-state index is 13.4. The van der Waals surface area contributed by atoms with E-state index in [-0.39, 0.29) is 0 Å². The van der Waals surface area contributed by atoms with Crippen molar-refractivity contribution in [3.63, 3.8) is 0 Å². The second-order valence-corrected chi connectivity index (χ2v) is 11.2. The summed E-state index contributed by atoms with van der Waals surface area (Å²) in [6.45, 7) is 5.72. The van der Waals surface area contributed by atoms with Gasteiger partial charge in [-0.25, -0.2) is 10.1 Å². The molecule has 0 aliphatic rings. The van der Waals surface area contributed by atoms with Crippen LogP contribution in [0.1, 0.15) is 52.0 Å². The van der Waals surface area contributed by atoms with E-state index in [1.165, 1.54) is 11.4 Å². The summed E-state index contributed by atoms with van der Waals surface area (Å²) in [4.78, 5) is 4.86. The number of hydrogen-bond acceptors (Lipinski definition) is 3. The van der Waals surface area contributed by atoms with Gasteiger partial charge in [-0.3, -0.25) is 9.24 Å². The van der Waals surface area contributed by atoms with E-state index < -0.39 is 6.65 Å². The van der Waals surface area contributed by atoms with Gasteiger partial charge in [0.1, 0.15) is 5.84 Å². The van der Waals surface area contributed by atoms with Crippen molar-refractivity contribution in [2.24, 2.45) is 4.99 Å². The van der Waals surface area contributed by atoms with Gasteiger partial charge >= 0.3 is 0 Å². The standard InChI is InChI=1S/C18H32N3OPS/c1-7-9-14-18(20-17-13-11-10-12-15(17)3)21(6)23(22,19-5)24-16(4)8-2/h10-13,16H,7-9,14H2,1-6H3,(H,19,22). The van der Waals surface area contributed by atoms with Crippen LogP contribution in [0.2, 0.25) is 0 Å². The smallest absolute Gasteiger partial charge is 0.293 e. The second kappa shape index (κ2) is 10.3. The van der Waals surface area contributed by atoms with Crippen molar-refractivity contribution in [3.05, 3.63) is 29.8 Å². The van der Waals surface area contributed by atoms with E-state index in [1.54, 1.807) is 7.05 Å². The minimum absolute atomic E-state index is 0.330. The molecule has 6 heteroatoms. The number of amidine groups is 1. The van der Waals surface area contributed by atoms with Crippen LogP contribution in [0.3, 0.4) is 0 Å². The lowest BCUT2D eigenvalue weighted by atomic mass is 10.2. The second-order valence-electron chi connectivity index (χ2n) is 6.01. The average molecular weight is 370 g/mol. The summed E-state index contributed by atoms with van der Waals surface area (Å²) < 4.78 is 15.3. The van der Waals surface area contributed by atoms with Gasteiger partial charge in [-0.05, 0) is 38.4 Å². The summed E-state index contributed by atoms with van der Waals surface area (Å²) in [7, 11) is 3.68. The van der Waals surface area contributed by atoms with Gasteiger partial charge in [0, 0.05) is 18.7 Å². The molecular weight excluding hydrogens is 337 g/mol. The Labute approximate surface area is 151 Å². The molecule has 0 aliphatic heterocycles. The molecule has 0 bridgehead atoms. The molecule has 4 nitrogen and oxygen atoms in total. The molecule has 1 aromatic rings. The SMILES string of the molecule is CCCCC(=Nc1ccccc1C)N(C)P(=O)(NC)SC(C)CC. The van der Waals surface area contributed by atoms with Crippen molar-refractivity contribution < 1.29 is 4.57 Å². The van der Waals surface area contributed by atoms with Crippen LogP contribution in [0.4, 0.5) is 5.69 Å². The molecule has 2 unspecified atom stereocenters. The van der Waals surface area contributed by atoms with Crippen LogP contribution < -0.4 is 5.09 Å². The van der Waals surface area contributed by atoms with Crippen molar-refractivity contribution in [1.29, 1.82) is 0 Å². The molecule has 0 saturated carbocycles. The van der Waals surface area contributed by atoms with E-state index in [2.05, 4.69) is 38.8 Å². The number of aliphatic imine (C=N–C) groups is 1. The molecule has 1 N–H and O–H groups in total. The molecule has 2 atom stereocenters. The Morgan fingerprint density at radius 3 is 2.58 bits per heavy atom. The zero-order valence-corrected chi connectivity index (χ0v) is 17.6. The van der Waals surface area contributed by atoms with Crippen LogP contribution in [0, 0.1) is 6.92 Å². The van der Waals surface area contributed by atoms with Gasteiger partial charge in [0.05, 0.1) is 5.69 Å². The Balaban J connectivity index is 3.18. The lowest BCUT2D eigenvalue weighted by molar-refractivity contribution is 0.544. The number of benzene rings is 1. The summed E-state index contributed by atoms with van der Waals surface area (Å²) in [5.41, 5.74) is 2.08. The fourth-order valence-electron chi connectivity index (χ4n) is 2.20. The first-order chi connectivity index (χ1) is 11.4. The van der Waals surface area contributed by atoms with Crippen molar-refractivity contribution in [2.75, 3.05) is 14.1 Å². The van der Waals surface area contributed by atoms with Gasteiger partial charge in [-0.15, -0.1) is 0 Å². The predicted molar refractivity (Wildman–Crippen MR) is 110 cm³/mol. The molecule has 0 aromatic heterocycles. The molecule has 0 spiro atoms. The van der Waals surface area contributed by atoms with Gasteiger partial charge in [-0.1, -0.05) is 56.8 Å².